The Labute approximate surface area is 187 Å². The van der Waals surface area contributed by atoms with Crippen LogP contribution >= 0.6 is 15.9 Å². The number of carbonyl (C=O) groups is 1. The van der Waals surface area contributed by atoms with Gasteiger partial charge in [0.05, 0.1) is 12.2 Å². The highest BCUT2D eigenvalue weighted by molar-refractivity contribution is 9.10. The van der Waals surface area contributed by atoms with E-state index in [4.69, 9.17) is 4.74 Å². The van der Waals surface area contributed by atoms with Gasteiger partial charge in [0.2, 0.25) is 5.88 Å². The Hall–Kier alpha value is -3.45. The average Bonchev–Trinajstić information content (AvgIpc) is 3.18. The van der Waals surface area contributed by atoms with E-state index in [9.17, 15) is 9.18 Å². The molecule has 1 N–H and O–H groups in total. The van der Waals surface area contributed by atoms with Gasteiger partial charge in [0.1, 0.15) is 18.0 Å². The number of anilines is 1. The molecule has 0 fully saturated rings. The van der Waals surface area contributed by atoms with Gasteiger partial charge in [0.25, 0.3) is 5.91 Å². The molecule has 5 nitrogen and oxygen atoms in total. The molecule has 1 aromatic heterocycles. The standard InChI is InChI=1S/C24H19BrFN3O2/c25-19-11-12-22(21(26)13-19)27-23(30)20-15-29(14-17-7-3-1-4-8-17)28-24(20)31-16-18-9-5-2-6-10-18/h1-13,15H,14,16H2,(H,27,30). The van der Waals surface area contributed by atoms with Crippen molar-refractivity contribution in [3.63, 3.8) is 0 Å². The van der Waals surface area contributed by atoms with Gasteiger partial charge in [-0.2, -0.15) is 0 Å². The molecular weight excluding hydrogens is 461 g/mol. The maximum atomic E-state index is 14.2. The first-order valence-electron chi connectivity index (χ1n) is 9.63. The topological polar surface area (TPSA) is 56.2 Å². The Balaban J connectivity index is 1.59. The van der Waals surface area contributed by atoms with Crippen LogP contribution in [0.25, 0.3) is 0 Å². The first-order chi connectivity index (χ1) is 15.1. The summed E-state index contributed by atoms with van der Waals surface area (Å²) in [6.45, 7) is 0.735. The number of carbonyl (C=O) groups excluding carboxylic acids is 1. The zero-order chi connectivity index (χ0) is 21.6. The van der Waals surface area contributed by atoms with E-state index in [0.29, 0.717) is 11.0 Å². The van der Waals surface area contributed by atoms with Crippen molar-refractivity contribution >= 4 is 27.5 Å². The van der Waals surface area contributed by atoms with Gasteiger partial charge in [-0.15, -0.1) is 5.10 Å². The van der Waals surface area contributed by atoms with Crippen LogP contribution in [-0.2, 0) is 13.2 Å². The fourth-order valence-corrected chi connectivity index (χ4v) is 3.36. The molecule has 0 radical (unpaired) electrons. The molecule has 0 unspecified atom stereocenters. The number of aromatic nitrogens is 2. The molecule has 3 aromatic carbocycles. The van der Waals surface area contributed by atoms with E-state index in [1.165, 1.54) is 12.1 Å². The lowest BCUT2D eigenvalue weighted by molar-refractivity contribution is 0.102. The van der Waals surface area contributed by atoms with Crippen LogP contribution in [0.1, 0.15) is 21.5 Å². The largest absolute Gasteiger partial charge is 0.471 e. The summed E-state index contributed by atoms with van der Waals surface area (Å²) in [5, 5.41) is 7.05. The zero-order valence-electron chi connectivity index (χ0n) is 16.5. The molecule has 0 saturated heterocycles. The van der Waals surface area contributed by atoms with Crippen molar-refractivity contribution in [2.24, 2.45) is 0 Å². The van der Waals surface area contributed by atoms with Gasteiger partial charge >= 0.3 is 0 Å². The van der Waals surface area contributed by atoms with Gasteiger partial charge in [0.15, 0.2) is 0 Å². The van der Waals surface area contributed by atoms with E-state index in [1.807, 2.05) is 60.7 Å². The predicted octanol–water partition coefficient (Wildman–Crippen LogP) is 5.66. The SMILES string of the molecule is O=C(Nc1ccc(Br)cc1F)c1cn(Cc2ccccc2)nc1OCc1ccccc1. The number of benzene rings is 3. The molecule has 4 rings (SSSR count). The third kappa shape index (κ3) is 5.38. The highest BCUT2D eigenvalue weighted by Crippen LogP contribution is 2.23. The Morgan fingerprint density at radius 3 is 2.35 bits per heavy atom. The van der Waals surface area contributed by atoms with Gasteiger partial charge in [-0.1, -0.05) is 76.6 Å². The summed E-state index contributed by atoms with van der Waals surface area (Å²) in [4.78, 5) is 12.9. The summed E-state index contributed by atoms with van der Waals surface area (Å²) in [7, 11) is 0. The molecule has 31 heavy (non-hydrogen) atoms. The van der Waals surface area contributed by atoms with E-state index in [-0.39, 0.29) is 23.7 Å². The number of rotatable bonds is 7. The molecule has 0 saturated carbocycles. The molecule has 0 aliphatic heterocycles. The van der Waals surface area contributed by atoms with Gasteiger partial charge in [0, 0.05) is 10.7 Å². The fourth-order valence-electron chi connectivity index (χ4n) is 3.02. The number of halogens is 2. The van der Waals surface area contributed by atoms with Crippen molar-refractivity contribution in [3.8, 4) is 5.88 Å². The molecule has 1 amide bonds. The molecule has 1 heterocycles. The molecule has 4 aromatic rings. The maximum absolute atomic E-state index is 14.2. The monoisotopic (exact) mass is 479 g/mol. The predicted molar refractivity (Wildman–Crippen MR) is 121 cm³/mol. The molecular formula is C24H19BrFN3O2. The van der Waals surface area contributed by atoms with Crippen molar-refractivity contribution in [2.75, 3.05) is 5.32 Å². The van der Waals surface area contributed by atoms with E-state index in [0.717, 1.165) is 11.1 Å². The third-order valence-corrected chi connectivity index (χ3v) is 5.05. The summed E-state index contributed by atoms with van der Waals surface area (Å²) in [6, 6.07) is 23.8. The Bertz CT molecular complexity index is 1180. The summed E-state index contributed by atoms with van der Waals surface area (Å²) in [5.74, 6) is -0.843. The van der Waals surface area contributed by atoms with Gasteiger partial charge in [-0.3, -0.25) is 9.48 Å². The second kappa shape index (κ2) is 9.57. The summed E-state index contributed by atoms with van der Waals surface area (Å²) in [6.07, 6.45) is 1.61. The van der Waals surface area contributed by atoms with Crippen LogP contribution in [0.2, 0.25) is 0 Å². The third-order valence-electron chi connectivity index (χ3n) is 4.56. The average molecular weight is 480 g/mol. The molecule has 7 heteroatoms. The highest BCUT2D eigenvalue weighted by atomic mass is 79.9. The van der Waals surface area contributed by atoms with Crippen molar-refractivity contribution in [3.05, 3.63) is 112 Å². The van der Waals surface area contributed by atoms with Crippen LogP contribution in [0.3, 0.4) is 0 Å². The summed E-state index contributed by atoms with van der Waals surface area (Å²) < 4.78 is 22.3. The van der Waals surface area contributed by atoms with Crippen LogP contribution in [-0.4, -0.2) is 15.7 Å². The molecule has 0 aliphatic rings. The highest BCUT2D eigenvalue weighted by Gasteiger charge is 2.20. The quantitative estimate of drug-likeness (QED) is 0.371. The second-order valence-electron chi connectivity index (χ2n) is 6.88. The maximum Gasteiger partial charge on any atom is 0.262 e. The van der Waals surface area contributed by atoms with Gasteiger partial charge < -0.3 is 10.1 Å². The lowest BCUT2D eigenvalue weighted by Crippen LogP contribution is -2.14. The van der Waals surface area contributed by atoms with Crippen LogP contribution in [0, 0.1) is 5.82 Å². The molecule has 156 valence electrons. The van der Waals surface area contributed by atoms with Crippen molar-refractivity contribution in [2.45, 2.75) is 13.2 Å². The molecule has 0 bridgehead atoms. The fraction of sp³-hybridized carbons (Fsp3) is 0.0833. The minimum absolute atomic E-state index is 0.0815. The van der Waals surface area contributed by atoms with Gasteiger partial charge in [-0.25, -0.2) is 4.39 Å². The second-order valence-corrected chi connectivity index (χ2v) is 7.80. The van der Waals surface area contributed by atoms with E-state index in [2.05, 4.69) is 26.3 Å². The van der Waals surface area contributed by atoms with E-state index < -0.39 is 11.7 Å². The lowest BCUT2D eigenvalue weighted by atomic mass is 10.2. The van der Waals surface area contributed by atoms with E-state index in [1.54, 1.807) is 16.9 Å². The number of amides is 1. The minimum atomic E-state index is -0.536. The number of nitrogens with zero attached hydrogens (tertiary/aromatic N) is 2. The summed E-state index contributed by atoms with van der Waals surface area (Å²) >= 11 is 3.21. The molecule has 0 aliphatic carbocycles. The Kier molecular flexibility index (Phi) is 6.43. The van der Waals surface area contributed by atoms with Crippen LogP contribution in [0.15, 0.2) is 89.5 Å². The van der Waals surface area contributed by atoms with Crippen molar-refractivity contribution in [1.29, 1.82) is 0 Å². The number of hydrogen-bond acceptors (Lipinski definition) is 3. The lowest BCUT2D eigenvalue weighted by Gasteiger charge is -2.08. The van der Waals surface area contributed by atoms with Crippen LogP contribution in [0.4, 0.5) is 10.1 Å². The first kappa shape index (κ1) is 20.8. The van der Waals surface area contributed by atoms with Crippen molar-refractivity contribution in [1.82, 2.24) is 9.78 Å². The Morgan fingerprint density at radius 1 is 1.00 bits per heavy atom. The van der Waals surface area contributed by atoms with Crippen LogP contribution < -0.4 is 10.1 Å². The minimum Gasteiger partial charge on any atom is -0.471 e. The summed E-state index contributed by atoms with van der Waals surface area (Å²) in [5.41, 5.74) is 2.29. The molecule has 0 spiro atoms. The zero-order valence-corrected chi connectivity index (χ0v) is 18.0. The van der Waals surface area contributed by atoms with Crippen LogP contribution in [0.5, 0.6) is 5.88 Å². The number of ether oxygens (including phenoxy) is 1. The number of hydrogen-bond donors (Lipinski definition) is 1. The smallest absolute Gasteiger partial charge is 0.262 e. The molecule has 0 atom stereocenters. The normalized spacial score (nSPS) is 10.6. The Morgan fingerprint density at radius 2 is 1.68 bits per heavy atom. The van der Waals surface area contributed by atoms with Gasteiger partial charge in [-0.05, 0) is 29.3 Å². The first-order valence-corrected chi connectivity index (χ1v) is 10.4. The van der Waals surface area contributed by atoms with E-state index >= 15 is 0 Å². The van der Waals surface area contributed by atoms with Crippen molar-refractivity contribution < 1.29 is 13.9 Å². The number of nitrogens with one attached hydrogen (secondary N) is 1.